The maximum Gasteiger partial charge on any atom is 0.212 e. The lowest BCUT2D eigenvalue weighted by Gasteiger charge is -1.99. The Balaban J connectivity index is 1.98. The van der Waals surface area contributed by atoms with Gasteiger partial charge in [-0.2, -0.15) is 5.10 Å². The molecule has 0 saturated carbocycles. The first-order valence-electron chi connectivity index (χ1n) is 7.09. The second kappa shape index (κ2) is 6.75. The van der Waals surface area contributed by atoms with Gasteiger partial charge in [0, 0.05) is 17.0 Å². The molecule has 0 N–H and O–H groups in total. The molecule has 2 aromatic heterocycles. The minimum absolute atomic E-state index is 0.248. The van der Waals surface area contributed by atoms with Crippen molar-refractivity contribution in [2.24, 2.45) is 0 Å². The van der Waals surface area contributed by atoms with E-state index in [1.54, 1.807) is 33.8 Å². The molecular weight excluding hydrogens is 397 g/mol. The van der Waals surface area contributed by atoms with Gasteiger partial charge in [-0.3, -0.25) is 0 Å². The van der Waals surface area contributed by atoms with Gasteiger partial charge in [0.05, 0.1) is 9.90 Å². The molecule has 0 bridgehead atoms. The molecule has 0 spiro atoms. The van der Waals surface area contributed by atoms with Gasteiger partial charge in [0.25, 0.3) is 0 Å². The van der Waals surface area contributed by atoms with Crippen molar-refractivity contribution in [1.82, 2.24) is 14.8 Å². The van der Waals surface area contributed by atoms with Crippen molar-refractivity contribution in [3.63, 3.8) is 0 Å². The lowest BCUT2D eigenvalue weighted by molar-refractivity contribution is 0.628. The van der Waals surface area contributed by atoms with E-state index < -0.39 is 0 Å². The molecule has 0 aliphatic heterocycles. The van der Waals surface area contributed by atoms with Crippen LogP contribution in [0.2, 0.25) is 0 Å². The maximum atomic E-state index is 13.4. The Morgan fingerprint density at radius 1 is 1.35 bits per heavy atom. The number of benzene rings is 1. The predicted octanol–water partition coefficient (Wildman–Crippen LogP) is 5.71. The molecular formula is C16H15BrFN3S2. The minimum Gasteiger partial charge on any atom is -0.213 e. The van der Waals surface area contributed by atoms with Gasteiger partial charge >= 0.3 is 0 Å². The maximum absolute atomic E-state index is 13.4. The van der Waals surface area contributed by atoms with Crippen molar-refractivity contribution in [1.29, 1.82) is 0 Å². The van der Waals surface area contributed by atoms with Gasteiger partial charge in [-0.25, -0.2) is 14.1 Å². The standard InChI is InChI=1S/C16H15BrFN3S2/c1-9(2)22-15-14(17)19-16(23-15)21-8-13(10(3)20-21)11-5-4-6-12(18)7-11/h4-9H,1-3H3. The average molecular weight is 412 g/mol. The Kier molecular flexibility index (Phi) is 4.89. The van der Waals surface area contributed by atoms with E-state index >= 15 is 0 Å². The molecule has 120 valence electrons. The van der Waals surface area contributed by atoms with Crippen LogP contribution in [0.15, 0.2) is 39.3 Å². The van der Waals surface area contributed by atoms with Crippen LogP contribution in [0.4, 0.5) is 4.39 Å². The predicted molar refractivity (Wildman–Crippen MR) is 98.1 cm³/mol. The molecule has 0 fully saturated rings. The molecule has 0 unspecified atom stereocenters. The molecule has 0 aliphatic rings. The normalized spacial score (nSPS) is 11.4. The fraction of sp³-hybridized carbons (Fsp3) is 0.250. The van der Waals surface area contributed by atoms with E-state index in [9.17, 15) is 4.39 Å². The van der Waals surface area contributed by atoms with Crippen LogP contribution in [0.3, 0.4) is 0 Å². The van der Waals surface area contributed by atoms with Crippen molar-refractivity contribution < 1.29 is 4.39 Å². The summed E-state index contributed by atoms with van der Waals surface area (Å²) in [5.74, 6) is -0.248. The topological polar surface area (TPSA) is 30.7 Å². The Morgan fingerprint density at radius 3 is 2.83 bits per heavy atom. The van der Waals surface area contributed by atoms with Crippen LogP contribution in [-0.4, -0.2) is 20.0 Å². The Labute approximate surface area is 151 Å². The van der Waals surface area contributed by atoms with Gasteiger partial charge in [-0.05, 0) is 40.5 Å². The molecule has 0 radical (unpaired) electrons. The van der Waals surface area contributed by atoms with Crippen LogP contribution < -0.4 is 0 Å². The fourth-order valence-electron chi connectivity index (χ4n) is 2.16. The molecule has 3 rings (SSSR count). The second-order valence-corrected chi connectivity index (χ2v) is 8.90. The van der Waals surface area contributed by atoms with Crippen molar-refractivity contribution in [3.05, 3.63) is 46.6 Å². The summed E-state index contributed by atoms with van der Waals surface area (Å²) in [5, 5.41) is 5.82. The zero-order valence-electron chi connectivity index (χ0n) is 12.9. The number of aromatic nitrogens is 3. The first kappa shape index (κ1) is 16.7. The van der Waals surface area contributed by atoms with E-state index in [0.29, 0.717) is 5.25 Å². The van der Waals surface area contributed by atoms with Gasteiger partial charge in [0.1, 0.15) is 10.4 Å². The summed E-state index contributed by atoms with van der Waals surface area (Å²) in [6.07, 6.45) is 1.90. The van der Waals surface area contributed by atoms with E-state index in [4.69, 9.17) is 0 Å². The molecule has 2 heterocycles. The summed E-state index contributed by atoms with van der Waals surface area (Å²) in [6.45, 7) is 6.22. The van der Waals surface area contributed by atoms with Crippen LogP contribution in [0.25, 0.3) is 16.3 Å². The van der Waals surface area contributed by atoms with Crippen molar-refractivity contribution in [2.45, 2.75) is 30.2 Å². The summed E-state index contributed by atoms with van der Waals surface area (Å²) < 4.78 is 17.2. The first-order chi connectivity index (χ1) is 10.9. The van der Waals surface area contributed by atoms with E-state index in [1.807, 2.05) is 19.2 Å². The minimum atomic E-state index is -0.248. The molecule has 3 aromatic rings. The highest BCUT2D eigenvalue weighted by atomic mass is 79.9. The Morgan fingerprint density at radius 2 is 2.13 bits per heavy atom. The number of hydrogen-bond acceptors (Lipinski definition) is 4. The van der Waals surface area contributed by atoms with Crippen LogP contribution in [0.1, 0.15) is 19.5 Å². The highest BCUT2D eigenvalue weighted by molar-refractivity contribution is 9.10. The highest BCUT2D eigenvalue weighted by Gasteiger charge is 2.15. The van der Waals surface area contributed by atoms with Crippen LogP contribution >= 0.6 is 39.0 Å². The van der Waals surface area contributed by atoms with E-state index in [1.165, 1.54) is 12.1 Å². The molecule has 0 amide bonds. The lowest BCUT2D eigenvalue weighted by Crippen LogP contribution is -1.93. The lowest BCUT2D eigenvalue weighted by atomic mass is 10.1. The van der Waals surface area contributed by atoms with Crippen LogP contribution in [-0.2, 0) is 0 Å². The van der Waals surface area contributed by atoms with Gasteiger partial charge in [-0.1, -0.05) is 37.3 Å². The molecule has 0 saturated heterocycles. The third-order valence-electron chi connectivity index (χ3n) is 3.12. The van der Waals surface area contributed by atoms with Crippen molar-refractivity contribution >= 4 is 39.0 Å². The Bertz CT molecular complexity index is 842. The monoisotopic (exact) mass is 411 g/mol. The summed E-state index contributed by atoms with van der Waals surface area (Å²) in [7, 11) is 0. The number of thioether (sulfide) groups is 1. The van der Waals surface area contributed by atoms with Gasteiger partial charge < -0.3 is 0 Å². The average Bonchev–Trinajstić information content (AvgIpc) is 3.02. The van der Waals surface area contributed by atoms with Crippen molar-refractivity contribution in [2.75, 3.05) is 0 Å². The number of rotatable bonds is 4. The number of hydrogen-bond donors (Lipinski definition) is 0. The van der Waals surface area contributed by atoms with E-state index in [-0.39, 0.29) is 5.82 Å². The summed E-state index contributed by atoms with van der Waals surface area (Å²) in [4.78, 5) is 4.54. The molecule has 7 heteroatoms. The summed E-state index contributed by atoms with van der Waals surface area (Å²) >= 11 is 6.87. The number of thiazole rings is 1. The van der Waals surface area contributed by atoms with E-state index in [2.05, 4.69) is 39.9 Å². The van der Waals surface area contributed by atoms with Crippen molar-refractivity contribution in [3.8, 4) is 16.3 Å². The number of halogens is 2. The Hall–Kier alpha value is -1.18. The van der Waals surface area contributed by atoms with Crippen LogP contribution in [0, 0.1) is 12.7 Å². The first-order valence-corrected chi connectivity index (χ1v) is 9.58. The smallest absolute Gasteiger partial charge is 0.212 e. The summed E-state index contributed by atoms with van der Waals surface area (Å²) in [5.41, 5.74) is 2.58. The van der Waals surface area contributed by atoms with Gasteiger partial charge in [0.15, 0.2) is 0 Å². The van der Waals surface area contributed by atoms with Gasteiger partial charge in [0.2, 0.25) is 5.13 Å². The quantitative estimate of drug-likeness (QED) is 0.515. The molecule has 23 heavy (non-hydrogen) atoms. The molecule has 1 aromatic carbocycles. The largest absolute Gasteiger partial charge is 0.213 e. The SMILES string of the molecule is Cc1nn(-c2nc(Br)c(SC(C)C)s2)cc1-c1cccc(F)c1. The zero-order valence-corrected chi connectivity index (χ0v) is 16.1. The van der Waals surface area contributed by atoms with Crippen LogP contribution in [0.5, 0.6) is 0 Å². The third kappa shape index (κ3) is 3.67. The molecule has 3 nitrogen and oxygen atoms in total. The molecule has 0 atom stereocenters. The molecule has 0 aliphatic carbocycles. The van der Waals surface area contributed by atoms with E-state index in [0.717, 1.165) is 30.8 Å². The zero-order chi connectivity index (χ0) is 16.6. The summed E-state index contributed by atoms with van der Waals surface area (Å²) in [6, 6.07) is 6.55. The second-order valence-electron chi connectivity index (χ2n) is 5.32. The highest BCUT2D eigenvalue weighted by Crippen LogP contribution is 2.37. The number of nitrogens with zero attached hydrogens (tertiary/aromatic N) is 3. The number of aryl methyl sites for hydroxylation is 1. The third-order valence-corrected chi connectivity index (χ3v) is 6.48. The van der Waals surface area contributed by atoms with Gasteiger partial charge in [-0.15, -0.1) is 11.8 Å². The fourth-order valence-corrected chi connectivity index (χ4v) is 5.15.